The van der Waals surface area contributed by atoms with Crippen molar-refractivity contribution in [3.8, 4) is 34.3 Å². The van der Waals surface area contributed by atoms with E-state index in [1.165, 1.54) is 0 Å². The van der Waals surface area contributed by atoms with E-state index in [0.717, 1.165) is 35.3 Å². The monoisotopic (exact) mass is 450 g/mol. The SMILES string of the molecule is N#Cc1cc(-c2ccnc(Nc3ccc(-c4cccnc4)nc3)n2)ccc1OC1CCOCC1. The summed E-state index contributed by atoms with van der Waals surface area (Å²) < 4.78 is 11.4. The second kappa shape index (κ2) is 10.1. The molecule has 1 aromatic carbocycles. The van der Waals surface area contributed by atoms with Crippen molar-refractivity contribution in [1.29, 1.82) is 5.26 Å². The van der Waals surface area contributed by atoms with Gasteiger partial charge in [0.15, 0.2) is 0 Å². The van der Waals surface area contributed by atoms with Crippen LogP contribution in [0.2, 0.25) is 0 Å². The molecule has 1 fully saturated rings. The first-order valence-corrected chi connectivity index (χ1v) is 11.0. The largest absolute Gasteiger partial charge is 0.489 e. The van der Waals surface area contributed by atoms with Crippen LogP contribution in [-0.4, -0.2) is 39.3 Å². The van der Waals surface area contributed by atoms with Crippen LogP contribution in [0.15, 0.2) is 73.3 Å². The molecule has 0 amide bonds. The molecule has 1 aliphatic rings. The molecule has 0 aliphatic carbocycles. The van der Waals surface area contributed by atoms with E-state index in [1.54, 1.807) is 30.9 Å². The predicted molar refractivity (Wildman–Crippen MR) is 127 cm³/mol. The molecule has 0 bridgehead atoms. The third-order valence-electron chi connectivity index (χ3n) is 5.49. The van der Waals surface area contributed by atoms with Crippen molar-refractivity contribution in [1.82, 2.24) is 19.9 Å². The highest BCUT2D eigenvalue weighted by atomic mass is 16.5. The molecule has 8 nitrogen and oxygen atoms in total. The van der Waals surface area contributed by atoms with Crippen molar-refractivity contribution in [2.24, 2.45) is 0 Å². The van der Waals surface area contributed by atoms with E-state index >= 15 is 0 Å². The number of hydrogen-bond donors (Lipinski definition) is 1. The zero-order valence-electron chi connectivity index (χ0n) is 18.4. The topological polar surface area (TPSA) is 106 Å². The molecule has 0 saturated carbocycles. The summed E-state index contributed by atoms with van der Waals surface area (Å²) in [6.07, 6.45) is 8.64. The maximum Gasteiger partial charge on any atom is 0.227 e. The van der Waals surface area contributed by atoms with E-state index in [2.05, 4.69) is 31.3 Å². The zero-order valence-corrected chi connectivity index (χ0v) is 18.4. The molecule has 0 radical (unpaired) electrons. The van der Waals surface area contributed by atoms with Crippen molar-refractivity contribution in [3.63, 3.8) is 0 Å². The Bertz CT molecular complexity index is 1300. The molecular formula is C26H22N6O2. The summed E-state index contributed by atoms with van der Waals surface area (Å²) >= 11 is 0. The van der Waals surface area contributed by atoms with Crippen LogP contribution in [-0.2, 0) is 4.74 Å². The number of pyridine rings is 2. The number of benzene rings is 1. The Labute approximate surface area is 197 Å². The number of aromatic nitrogens is 4. The molecule has 1 N–H and O–H groups in total. The molecule has 4 aromatic rings. The lowest BCUT2D eigenvalue weighted by atomic mass is 10.1. The van der Waals surface area contributed by atoms with Crippen molar-refractivity contribution in [2.45, 2.75) is 18.9 Å². The summed E-state index contributed by atoms with van der Waals surface area (Å²) in [7, 11) is 0. The summed E-state index contributed by atoms with van der Waals surface area (Å²) in [5.41, 5.74) is 4.54. The van der Waals surface area contributed by atoms with Gasteiger partial charge in [-0.1, -0.05) is 0 Å². The smallest absolute Gasteiger partial charge is 0.227 e. The van der Waals surface area contributed by atoms with Gasteiger partial charge in [0.2, 0.25) is 5.95 Å². The molecule has 4 heterocycles. The van der Waals surface area contributed by atoms with Gasteiger partial charge in [0.25, 0.3) is 0 Å². The van der Waals surface area contributed by atoms with Crippen LogP contribution < -0.4 is 10.1 Å². The van der Waals surface area contributed by atoms with E-state index in [4.69, 9.17) is 9.47 Å². The minimum atomic E-state index is 0.0692. The van der Waals surface area contributed by atoms with Gasteiger partial charge in [-0.2, -0.15) is 5.26 Å². The maximum absolute atomic E-state index is 9.66. The lowest BCUT2D eigenvalue weighted by Gasteiger charge is -2.23. The number of nitriles is 1. The molecule has 1 saturated heterocycles. The number of nitrogens with zero attached hydrogens (tertiary/aromatic N) is 5. The fourth-order valence-electron chi connectivity index (χ4n) is 3.71. The van der Waals surface area contributed by atoms with Crippen LogP contribution in [0, 0.1) is 11.3 Å². The molecular weight excluding hydrogens is 428 g/mol. The Morgan fingerprint density at radius 3 is 2.62 bits per heavy atom. The Balaban J connectivity index is 1.32. The number of ether oxygens (including phenoxy) is 2. The normalized spacial score (nSPS) is 13.7. The Hall–Kier alpha value is -4.35. The highest BCUT2D eigenvalue weighted by Gasteiger charge is 2.17. The predicted octanol–water partition coefficient (Wildman–Crippen LogP) is 4.77. The average molecular weight is 451 g/mol. The van der Waals surface area contributed by atoms with Crippen LogP contribution >= 0.6 is 0 Å². The first-order valence-electron chi connectivity index (χ1n) is 11.0. The van der Waals surface area contributed by atoms with Gasteiger partial charge in [-0.25, -0.2) is 9.97 Å². The first-order chi connectivity index (χ1) is 16.8. The van der Waals surface area contributed by atoms with Gasteiger partial charge in [-0.3, -0.25) is 9.97 Å². The van der Waals surface area contributed by atoms with Gasteiger partial charge >= 0.3 is 0 Å². The molecule has 5 rings (SSSR count). The fraction of sp³-hybridized carbons (Fsp3) is 0.192. The third-order valence-corrected chi connectivity index (χ3v) is 5.49. The Morgan fingerprint density at radius 1 is 0.941 bits per heavy atom. The van der Waals surface area contributed by atoms with Gasteiger partial charge in [0.1, 0.15) is 17.9 Å². The lowest BCUT2D eigenvalue weighted by Crippen LogP contribution is -2.26. The van der Waals surface area contributed by atoms with Crippen molar-refractivity contribution in [3.05, 3.63) is 78.9 Å². The molecule has 168 valence electrons. The Morgan fingerprint density at radius 2 is 1.85 bits per heavy atom. The number of rotatable bonds is 6. The van der Waals surface area contributed by atoms with Gasteiger partial charge < -0.3 is 14.8 Å². The average Bonchev–Trinajstić information content (AvgIpc) is 2.91. The molecule has 0 unspecified atom stereocenters. The van der Waals surface area contributed by atoms with Crippen LogP contribution in [0.3, 0.4) is 0 Å². The van der Waals surface area contributed by atoms with E-state index < -0.39 is 0 Å². The number of anilines is 2. The van der Waals surface area contributed by atoms with Crippen LogP contribution in [0.5, 0.6) is 5.75 Å². The zero-order chi connectivity index (χ0) is 23.2. The summed E-state index contributed by atoms with van der Waals surface area (Å²) in [6, 6.07) is 17.3. The van der Waals surface area contributed by atoms with E-state index in [1.807, 2.05) is 42.5 Å². The van der Waals surface area contributed by atoms with Crippen LogP contribution in [0.25, 0.3) is 22.5 Å². The highest BCUT2D eigenvalue weighted by Crippen LogP contribution is 2.28. The van der Waals surface area contributed by atoms with Gasteiger partial charge in [0.05, 0.1) is 42.0 Å². The summed E-state index contributed by atoms with van der Waals surface area (Å²) in [4.78, 5) is 17.5. The summed E-state index contributed by atoms with van der Waals surface area (Å²) in [5.74, 6) is 1.03. The van der Waals surface area contributed by atoms with Gasteiger partial charge in [-0.15, -0.1) is 0 Å². The van der Waals surface area contributed by atoms with Crippen LogP contribution in [0.1, 0.15) is 18.4 Å². The van der Waals surface area contributed by atoms with Crippen LogP contribution in [0.4, 0.5) is 11.6 Å². The van der Waals surface area contributed by atoms with E-state index in [-0.39, 0.29) is 6.10 Å². The van der Waals surface area contributed by atoms with E-state index in [9.17, 15) is 5.26 Å². The quantitative estimate of drug-likeness (QED) is 0.448. The minimum absolute atomic E-state index is 0.0692. The molecule has 34 heavy (non-hydrogen) atoms. The second-order valence-corrected chi connectivity index (χ2v) is 7.82. The first kappa shape index (κ1) is 21.5. The summed E-state index contributed by atoms with van der Waals surface area (Å²) in [5, 5.41) is 12.8. The van der Waals surface area contributed by atoms with Gasteiger partial charge in [0, 0.05) is 42.6 Å². The van der Waals surface area contributed by atoms with Crippen molar-refractivity contribution in [2.75, 3.05) is 18.5 Å². The molecule has 0 atom stereocenters. The molecule has 0 spiro atoms. The van der Waals surface area contributed by atoms with Crippen molar-refractivity contribution >= 4 is 11.6 Å². The molecule has 3 aromatic heterocycles. The van der Waals surface area contributed by atoms with Gasteiger partial charge in [-0.05, 0) is 48.5 Å². The Kier molecular flexibility index (Phi) is 6.36. The number of hydrogen-bond acceptors (Lipinski definition) is 8. The summed E-state index contributed by atoms with van der Waals surface area (Å²) in [6.45, 7) is 1.37. The maximum atomic E-state index is 9.66. The second-order valence-electron chi connectivity index (χ2n) is 7.82. The molecule has 8 heteroatoms. The highest BCUT2D eigenvalue weighted by molar-refractivity contribution is 5.66. The third kappa shape index (κ3) is 5.00. The standard InChI is InChI=1S/C26H22N6O2/c27-15-20-14-18(3-6-25(20)34-22-8-12-33-13-9-22)24-7-11-29-26(32-24)31-21-4-5-23(30-17-21)19-2-1-10-28-16-19/h1-7,10-11,14,16-17,22H,8-9,12-13H2,(H,29,31,32). The molecule has 1 aliphatic heterocycles. The number of nitrogens with one attached hydrogen (secondary N) is 1. The lowest BCUT2D eigenvalue weighted by molar-refractivity contribution is 0.0254. The fourth-order valence-corrected chi connectivity index (χ4v) is 3.71. The minimum Gasteiger partial charge on any atom is -0.489 e. The van der Waals surface area contributed by atoms with Crippen molar-refractivity contribution < 1.29 is 9.47 Å². The van der Waals surface area contributed by atoms with E-state index in [0.29, 0.717) is 36.2 Å².